The topological polar surface area (TPSA) is 67.6 Å². The molecule has 1 heterocycles. The summed E-state index contributed by atoms with van der Waals surface area (Å²) in [5, 5.41) is 2.86. The maximum Gasteiger partial charge on any atom is 0.245 e. The molecule has 0 radical (unpaired) electrons. The van der Waals surface area contributed by atoms with Gasteiger partial charge in [0.15, 0.2) is 0 Å². The molecule has 1 aromatic rings. The number of carbonyl (C=O) groups excluding carboxylic acids is 1. The lowest BCUT2D eigenvalue weighted by Crippen LogP contribution is -2.54. The summed E-state index contributed by atoms with van der Waals surface area (Å²) in [7, 11) is 0. The molecule has 1 aromatic carbocycles. The van der Waals surface area contributed by atoms with Gasteiger partial charge in [-0.3, -0.25) is 4.79 Å². The van der Waals surface area contributed by atoms with Gasteiger partial charge in [-0.05, 0) is 47.5 Å². The lowest BCUT2D eigenvalue weighted by molar-refractivity contribution is -0.124. The van der Waals surface area contributed by atoms with Crippen molar-refractivity contribution in [3.8, 4) is 0 Å². The fourth-order valence-electron chi connectivity index (χ4n) is 2.30. The van der Waals surface area contributed by atoms with Crippen molar-refractivity contribution in [2.45, 2.75) is 19.9 Å². The standard InChI is InChI=1S/C14H20BrN3O2/c1-3-17-14(19)13-8-20-5-4-18(13)12-6-9(2)11(16)7-10(12)15/h6-7,13H,3-5,8,16H2,1-2H3,(H,17,19). The fourth-order valence-corrected chi connectivity index (χ4v) is 2.89. The molecule has 0 bridgehead atoms. The van der Waals surface area contributed by atoms with E-state index in [1.807, 2.05) is 26.0 Å². The molecule has 110 valence electrons. The second-order valence-corrected chi connectivity index (χ2v) is 5.69. The Morgan fingerprint density at radius 3 is 3.05 bits per heavy atom. The van der Waals surface area contributed by atoms with Crippen molar-refractivity contribution in [1.82, 2.24) is 5.32 Å². The van der Waals surface area contributed by atoms with Gasteiger partial charge in [-0.25, -0.2) is 0 Å². The van der Waals surface area contributed by atoms with Crippen LogP contribution < -0.4 is 16.0 Å². The van der Waals surface area contributed by atoms with Crippen molar-refractivity contribution in [1.29, 1.82) is 0 Å². The summed E-state index contributed by atoms with van der Waals surface area (Å²) < 4.78 is 6.35. The molecule has 2 rings (SSSR count). The minimum absolute atomic E-state index is 0.00595. The van der Waals surface area contributed by atoms with E-state index in [4.69, 9.17) is 10.5 Å². The van der Waals surface area contributed by atoms with E-state index >= 15 is 0 Å². The molecule has 1 fully saturated rings. The largest absolute Gasteiger partial charge is 0.398 e. The zero-order valence-electron chi connectivity index (χ0n) is 11.8. The summed E-state index contributed by atoms with van der Waals surface area (Å²) in [6.45, 7) is 6.20. The summed E-state index contributed by atoms with van der Waals surface area (Å²) >= 11 is 3.54. The van der Waals surface area contributed by atoms with Crippen LogP contribution in [-0.2, 0) is 9.53 Å². The number of rotatable bonds is 3. The van der Waals surface area contributed by atoms with E-state index in [1.54, 1.807) is 0 Å². The van der Waals surface area contributed by atoms with E-state index in [-0.39, 0.29) is 11.9 Å². The quantitative estimate of drug-likeness (QED) is 0.821. The van der Waals surface area contributed by atoms with Gasteiger partial charge in [-0.2, -0.15) is 0 Å². The third-order valence-electron chi connectivity index (χ3n) is 3.43. The van der Waals surface area contributed by atoms with E-state index in [2.05, 4.69) is 26.1 Å². The Hall–Kier alpha value is -1.27. The molecule has 0 aliphatic carbocycles. The van der Waals surface area contributed by atoms with Gasteiger partial charge in [0, 0.05) is 23.2 Å². The zero-order valence-corrected chi connectivity index (χ0v) is 13.4. The maximum atomic E-state index is 12.2. The van der Waals surface area contributed by atoms with Crippen LogP contribution in [0.15, 0.2) is 16.6 Å². The summed E-state index contributed by atoms with van der Waals surface area (Å²) in [5.74, 6) is -0.00595. The van der Waals surface area contributed by atoms with Gasteiger partial charge >= 0.3 is 0 Å². The number of nitrogen functional groups attached to an aromatic ring is 1. The van der Waals surface area contributed by atoms with Crippen LogP contribution in [0.3, 0.4) is 0 Å². The highest BCUT2D eigenvalue weighted by Crippen LogP contribution is 2.32. The number of morpholine rings is 1. The lowest BCUT2D eigenvalue weighted by atomic mass is 10.1. The molecule has 1 aliphatic heterocycles. The average Bonchev–Trinajstić information content (AvgIpc) is 2.43. The Bertz CT molecular complexity index is 507. The second kappa shape index (κ2) is 6.45. The molecule has 3 N–H and O–H groups in total. The third-order valence-corrected chi connectivity index (χ3v) is 4.06. The van der Waals surface area contributed by atoms with E-state index in [9.17, 15) is 4.79 Å². The summed E-state index contributed by atoms with van der Waals surface area (Å²) in [6.07, 6.45) is 0. The third kappa shape index (κ3) is 3.07. The smallest absolute Gasteiger partial charge is 0.245 e. The molecule has 1 unspecified atom stereocenters. The molecule has 1 aliphatic rings. The van der Waals surface area contributed by atoms with Crippen molar-refractivity contribution < 1.29 is 9.53 Å². The van der Waals surface area contributed by atoms with E-state index < -0.39 is 0 Å². The Labute approximate surface area is 127 Å². The molecule has 0 aromatic heterocycles. The van der Waals surface area contributed by atoms with E-state index in [0.29, 0.717) is 26.3 Å². The van der Waals surface area contributed by atoms with Gasteiger partial charge in [0.05, 0.1) is 18.9 Å². The summed E-state index contributed by atoms with van der Waals surface area (Å²) in [6, 6.07) is 3.59. The van der Waals surface area contributed by atoms with Crippen molar-refractivity contribution in [2.75, 3.05) is 36.9 Å². The molecular weight excluding hydrogens is 322 g/mol. The first-order valence-electron chi connectivity index (χ1n) is 6.72. The predicted molar refractivity (Wildman–Crippen MR) is 83.9 cm³/mol. The van der Waals surface area contributed by atoms with Crippen LogP contribution in [-0.4, -0.2) is 38.3 Å². The number of nitrogens with two attached hydrogens (primary N) is 1. The van der Waals surface area contributed by atoms with Crippen LogP contribution in [0.4, 0.5) is 11.4 Å². The van der Waals surface area contributed by atoms with Crippen molar-refractivity contribution >= 4 is 33.2 Å². The average molecular weight is 342 g/mol. The van der Waals surface area contributed by atoms with Crippen molar-refractivity contribution in [3.05, 3.63) is 22.2 Å². The predicted octanol–water partition coefficient (Wildman–Crippen LogP) is 1.68. The molecule has 5 nitrogen and oxygen atoms in total. The van der Waals surface area contributed by atoms with Crippen molar-refractivity contribution in [2.24, 2.45) is 0 Å². The summed E-state index contributed by atoms with van der Waals surface area (Å²) in [5.41, 5.74) is 8.63. The number of halogens is 1. The number of ether oxygens (including phenoxy) is 1. The minimum atomic E-state index is -0.303. The molecule has 0 saturated carbocycles. The number of anilines is 2. The number of aryl methyl sites for hydroxylation is 1. The van der Waals surface area contributed by atoms with Crippen LogP contribution in [0.2, 0.25) is 0 Å². The lowest BCUT2D eigenvalue weighted by Gasteiger charge is -2.37. The Balaban J connectivity index is 2.32. The number of nitrogens with one attached hydrogen (secondary N) is 1. The minimum Gasteiger partial charge on any atom is -0.398 e. The van der Waals surface area contributed by atoms with E-state index in [1.165, 1.54) is 0 Å². The van der Waals surface area contributed by atoms with Crippen LogP contribution in [0, 0.1) is 6.92 Å². The Morgan fingerprint density at radius 2 is 2.35 bits per heavy atom. The molecule has 6 heteroatoms. The highest BCUT2D eigenvalue weighted by molar-refractivity contribution is 9.10. The molecular formula is C14H20BrN3O2. The van der Waals surface area contributed by atoms with Crippen LogP contribution in [0.25, 0.3) is 0 Å². The second-order valence-electron chi connectivity index (χ2n) is 4.84. The van der Waals surface area contributed by atoms with Gasteiger partial charge in [0.1, 0.15) is 6.04 Å². The first-order valence-corrected chi connectivity index (χ1v) is 7.51. The number of hydrogen-bond acceptors (Lipinski definition) is 4. The first kappa shape index (κ1) is 15.1. The number of carbonyl (C=O) groups is 1. The van der Waals surface area contributed by atoms with Crippen LogP contribution in [0.5, 0.6) is 0 Å². The molecule has 0 spiro atoms. The fraction of sp³-hybridized carbons (Fsp3) is 0.500. The Kier molecular flexibility index (Phi) is 4.88. The SMILES string of the molecule is CCNC(=O)C1COCCN1c1cc(C)c(N)cc1Br. The van der Waals surface area contributed by atoms with Crippen molar-refractivity contribution in [3.63, 3.8) is 0 Å². The zero-order chi connectivity index (χ0) is 14.7. The van der Waals surface area contributed by atoms with Gasteiger partial charge in [0.25, 0.3) is 0 Å². The molecule has 1 saturated heterocycles. The van der Waals surface area contributed by atoms with Crippen LogP contribution >= 0.6 is 15.9 Å². The molecule has 1 amide bonds. The highest BCUT2D eigenvalue weighted by atomic mass is 79.9. The highest BCUT2D eigenvalue weighted by Gasteiger charge is 2.30. The number of amides is 1. The number of likely N-dealkylation sites (N-methyl/N-ethyl adjacent to an activating group) is 1. The normalized spacial score (nSPS) is 18.9. The van der Waals surface area contributed by atoms with Gasteiger partial charge < -0.3 is 20.7 Å². The number of benzene rings is 1. The first-order chi connectivity index (χ1) is 9.54. The van der Waals surface area contributed by atoms with Gasteiger partial charge in [0.2, 0.25) is 5.91 Å². The molecule has 1 atom stereocenters. The Morgan fingerprint density at radius 1 is 1.60 bits per heavy atom. The van der Waals surface area contributed by atoms with E-state index in [0.717, 1.165) is 21.4 Å². The summed E-state index contributed by atoms with van der Waals surface area (Å²) in [4.78, 5) is 14.2. The maximum absolute atomic E-state index is 12.2. The monoisotopic (exact) mass is 341 g/mol. The van der Waals surface area contributed by atoms with Gasteiger partial charge in [-0.1, -0.05) is 0 Å². The number of hydrogen-bond donors (Lipinski definition) is 2. The van der Waals surface area contributed by atoms with Crippen LogP contribution in [0.1, 0.15) is 12.5 Å². The molecule has 20 heavy (non-hydrogen) atoms. The van der Waals surface area contributed by atoms with Gasteiger partial charge in [-0.15, -0.1) is 0 Å². The number of nitrogens with zero attached hydrogens (tertiary/aromatic N) is 1.